The molecule has 0 amide bonds. The second-order valence-corrected chi connectivity index (χ2v) is 3.95. The van der Waals surface area contributed by atoms with Gasteiger partial charge in [0, 0.05) is 12.6 Å². The Balaban J connectivity index is 2.14. The zero-order chi connectivity index (χ0) is 8.81. The van der Waals surface area contributed by atoms with Gasteiger partial charge in [0.25, 0.3) is 0 Å². The molecule has 0 spiro atoms. The van der Waals surface area contributed by atoms with Crippen LogP contribution >= 0.6 is 0 Å². The van der Waals surface area contributed by atoms with Gasteiger partial charge >= 0.3 is 0 Å². The van der Waals surface area contributed by atoms with Crippen LogP contribution in [0.5, 0.6) is 0 Å². The summed E-state index contributed by atoms with van der Waals surface area (Å²) in [6.45, 7) is 5.49. The van der Waals surface area contributed by atoms with E-state index < -0.39 is 0 Å². The highest BCUT2D eigenvalue weighted by Gasteiger charge is 2.17. The van der Waals surface area contributed by atoms with E-state index in [1.165, 1.54) is 25.7 Å². The lowest BCUT2D eigenvalue weighted by atomic mass is 9.87. The van der Waals surface area contributed by atoms with Crippen molar-refractivity contribution in [2.45, 2.75) is 45.6 Å². The summed E-state index contributed by atoms with van der Waals surface area (Å²) >= 11 is 0. The Morgan fingerprint density at radius 1 is 1.42 bits per heavy atom. The van der Waals surface area contributed by atoms with Gasteiger partial charge in [-0.1, -0.05) is 31.9 Å². The third kappa shape index (κ3) is 3.40. The van der Waals surface area contributed by atoms with Gasteiger partial charge in [0.1, 0.15) is 0 Å². The molecule has 70 valence electrons. The number of hydrogen-bond acceptors (Lipinski definition) is 1. The highest BCUT2D eigenvalue weighted by Crippen LogP contribution is 2.23. The molecule has 1 heteroatoms. The molecular weight excluding hydrogens is 146 g/mol. The quantitative estimate of drug-likeness (QED) is 0.637. The van der Waals surface area contributed by atoms with Crippen LogP contribution < -0.4 is 5.32 Å². The minimum absolute atomic E-state index is 0.782. The van der Waals surface area contributed by atoms with E-state index in [4.69, 9.17) is 0 Å². The van der Waals surface area contributed by atoms with Crippen molar-refractivity contribution in [1.82, 2.24) is 5.32 Å². The molecule has 0 radical (unpaired) electrons. The molecule has 0 aromatic carbocycles. The Morgan fingerprint density at radius 2 is 2.25 bits per heavy atom. The van der Waals surface area contributed by atoms with Crippen LogP contribution in [-0.4, -0.2) is 12.6 Å². The first-order valence-corrected chi connectivity index (χ1v) is 5.17. The Morgan fingerprint density at radius 3 is 2.92 bits per heavy atom. The Hall–Kier alpha value is -0.300. The van der Waals surface area contributed by atoms with Crippen molar-refractivity contribution in [3.05, 3.63) is 12.2 Å². The normalized spacial score (nSPS) is 31.2. The molecule has 0 bridgehead atoms. The third-order valence-electron chi connectivity index (χ3n) is 2.70. The molecular formula is C11H21N. The van der Waals surface area contributed by atoms with Crippen molar-refractivity contribution < 1.29 is 0 Å². The zero-order valence-corrected chi connectivity index (χ0v) is 8.34. The van der Waals surface area contributed by atoms with Crippen LogP contribution in [0.4, 0.5) is 0 Å². The SMILES string of the molecule is C/C=C/CNC1CCCC(C)C1. The van der Waals surface area contributed by atoms with Crippen molar-refractivity contribution in [3.63, 3.8) is 0 Å². The van der Waals surface area contributed by atoms with E-state index in [9.17, 15) is 0 Å². The maximum atomic E-state index is 3.57. The highest BCUT2D eigenvalue weighted by molar-refractivity contribution is 4.83. The van der Waals surface area contributed by atoms with Crippen LogP contribution in [0.15, 0.2) is 12.2 Å². The molecule has 0 aliphatic heterocycles. The summed E-state index contributed by atoms with van der Waals surface area (Å²) in [6, 6.07) is 0.782. The molecule has 1 rings (SSSR count). The Labute approximate surface area is 76.2 Å². The molecule has 1 aliphatic carbocycles. The van der Waals surface area contributed by atoms with Crippen LogP contribution in [0.3, 0.4) is 0 Å². The van der Waals surface area contributed by atoms with Gasteiger partial charge in [0.05, 0.1) is 0 Å². The lowest BCUT2D eigenvalue weighted by Crippen LogP contribution is -2.33. The molecule has 2 atom stereocenters. The predicted molar refractivity (Wildman–Crippen MR) is 54.2 cm³/mol. The summed E-state index contributed by atoms with van der Waals surface area (Å²) in [5.74, 6) is 0.932. The van der Waals surface area contributed by atoms with Gasteiger partial charge in [-0.3, -0.25) is 0 Å². The molecule has 1 aliphatic rings. The smallest absolute Gasteiger partial charge is 0.0137 e. The van der Waals surface area contributed by atoms with E-state index in [2.05, 4.69) is 31.3 Å². The Bertz CT molecular complexity index is 140. The molecule has 2 unspecified atom stereocenters. The summed E-state index contributed by atoms with van der Waals surface area (Å²) in [5.41, 5.74) is 0. The lowest BCUT2D eigenvalue weighted by Gasteiger charge is -2.27. The van der Waals surface area contributed by atoms with Gasteiger partial charge in [-0.25, -0.2) is 0 Å². The van der Waals surface area contributed by atoms with Crippen LogP contribution in [0.1, 0.15) is 39.5 Å². The summed E-state index contributed by atoms with van der Waals surface area (Å²) in [7, 11) is 0. The number of allylic oxidation sites excluding steroid dienone is 1. The van der Waals surface area contributed by atoms with Crippen molar-refractivity contribution in [3.8, 4) is 0 Å². The van der Waals surface area contributed by atoms with Crippen LogP contribution in [0.25, 0.3) is 0 Å². The van der Waals surface area contributed by atoms with Crippen molar-refractivity contribution in [2.24, 2.45) is 5.92 Å². The first-order chi connectivity index (χ1) is 5.83. The van der Waals surface area contributed by atoms with E-state index in [-0.39, 0.29) is 0 Å². The summed E-state index contributed by atoms with van der Waals surface area (Å²) in [6.07, 6.45) is 9.90. The Kier molecular flexibility index (Phi) is 4.37. The molecule has 12 heavy (non-hydrogen) atoms. The number of hydrogen-bond donors (Lipinski definition) is 1. The number of nitrogens with one attached hydrogen (secondary N) is 1. The van der Waals surface area contributed by atoms with Gasteiger partial charge in [-0.15, -0.1) is 0 Å². The molecule has 1 saturated carbocycles. The van der Waals surface area contributed by atoms with Gasteiger partial charge in [0.15, 0.2) is 0 Å². The molecule has 1 nitrogen and oxygen atoms in total. The van der Waals surface area contributed by atoms with E-state index in [1.54, 1.807) is 0 Å². The van der Waals surface area contributed by atoms with Crippen molar-refractivity contribution in [2.75, 3.05) is 6.54 Å². The van der Waals surface area contributed by atoms with E-state index in [0.717, 1.165) is 18.5 Å². The molecule has 0 saturated heterocycles. The summed E-state index contributed by atoms with van der Waals surface area (Å²) < 4.78 is 0. The second kappa shape index (κ2) is 5.36. The maximum Gasteiger partial charge on any atom is 0.0137 e. The highest BCUT2D eigenvalue weighted by atomic mass is 14.9. The largest absolute Gasteiger partial charge is 0.311 e. The standard InChI is InChI=1S/C11H21N/c1-3-4-8-12-11-7-5-6-10(2)9-11/h3-4,10-12H,5-9H2,1-2H3/b4-3+. The van der Waals surface area contributed by atoms with Crippen LogP contribution in [0, 0.1) is 5.92 Å². The van der Waals surface area contributed by atoms with Gasteiger partial charge < -0.3 is 5.32 Å². The zero-order valence-electron chi connectivity index (χ0n) is 8.34. The monoisotopic (exact) mass is 167 g/mol. The average molecular weight is 167 g/mol. The maximum absolute atomic E-state index is 3.57. The van der Waals surface area contributed by atoms with Gasteiger partial charge in [-0.05, 0) is 25.7 Å². The molecule has 0 aromatic rings. The number of rotatable bonds is 3. The van der Waals surface area contributed by atoms with Crippen molar-refractivity contribution in [1.29, 1.82) is 0 Å². The molecule has 0 aromatic heterocycles. The molecule has 0 heterocycles. The van der Waals surface area contributed by atoms with E-state index >= 15 is 0 Å². The van der Waals surface area contributed by atoms with E-state index in [0.29, 0.717) is 0 Å². The second-order valence-electron chi connectivity index (χ2n) is 3.95. The third-order valence-corrected chi connectivity index (χ3v) is 2.70. The summed E-state index contributed by atoms with van der Waals surface area (Å²) in [5, 5.41) is 3.57. The fraction of sp³-hybridized carbons (Fsp3) is 0.818. The van der Waals surface area contributed by atoms with Crippen LogP contribution in [-0.2, 0) is 0 Å². The summed E-state index contributed by atoms with van der Waals surface area (Å²) in [4.78, 5) is 0. The lowest BCUT2D eigenvalue weighted by molar-refractivity contribution is 0.308. The van der Waals surface area contributed by atoms with E-state index in [1.807, 2.05) is 0 Å². The van der Waals surface area contributed by atoms with Crippen LogP contribution in [0.2, 0.25) is 0 Å². The average Bonchev–Trinajstić information content (AvgIpc) is 2.05. The van der Waals surface area contributed by atoms with Gasteiger partial charge in [0.2, 0.25) is 0 Å². The molecule has 1 N–H and O–H groups in total. The fourth-order valence-electron chi connectivity index (χ4n) is 1.97. The fourth-order valence-corrected chi connectivity index (χ4v) is 1.97. The van der Waals surface area contributed by atoms with Crippen molar-refractivity contribution >= 4 is 0 Å². The van der Waals surface area contributed by atoms with Gasteiger partial charge in [-0.2, -0.15) is 0 Å². The topological polar surface area (TPSA) is 12.0 Å². The molecule has 1 fully saturated rings. The first-order valence-electron chi connectivity index (χ1n) is 5.17. The minimum atomic E-state index is 0.782. The minimum Gasteiger partial charge on any atom is -0.311 e. The predicted octanol–water partition coefficient (Wildman–Crippen LogP) is 2.73. The first kappa shape index (κ1) is 9.79.